The van der Waals surface area contributed by atoms with Crippen molar-refractivity contribution in [3.8, 4) is 5.75 Å². The normalized spacial score (nSPS) is 30.4. The van der Waals surface area contributed by atoms with Gasteiger partial charge in [-0.3, -0.25) is 0 Å². The molecule has 2 aromatic carbocycles. The van der Waals surface area contributed by atoms with Crippen molar-refractivity contribution < 1.29 is 39.1 Å². The maximum absolute atomic E-state index is 13.1. The minimum Gasteiger partial charge on any atom is -0.481 e. The zero-order valence-electron chi connectivity index (χ0n) is 21.3. The summed E-state index contributed by atoms with van der Waals surface area (Å²) in [6.45, 7) is 1.89. The molecule has 1 saturated heterocycles. The van der Waals surface area contributed by atoms with Crippen molar-refractivity contribution in [1.82, 2.24) is 4.90 Å². The predicted molar refractivity (Wildman–Crippen MR) is 134 cm³/mol. The molecule has 0 aromatic heterocycles. The van der Waals surface area contributed by atoms with Gasteiger partial charge in [-0.2, -0.15) is 0 Å². The van der Waals surface area contributed by atoms with E-state index in [0.717, 1.165) is 17.7 Å². The zero-order chi connectivity index (χ0) is 26.8. The standard InChI is InChI=1S/C29H31NO8/c1-16(36-27(34)23(32)17-6-4-3-5-7-17)26(33)37-20-10-11-29(35)21-14-18-8-9-19(15-31)24-22(18)28(29,25(20)38-24)12-13-30(21)2/h3-10,16,21,23,25,31-32,35H,11-15H2,1-2H3/t16-,21+,23-,25-,28-,29+/m0/s1. The summed E-state index contributed by atoms with van der Waals surface area (Å²) in [6.07, 6.45) is -0.415. The van der Waals surface area contributed by atoms with E-state index in [2.05, 4.69) is 4.90 Å². The van der Waals surface area contributed by atoms with Gasteiger partial charge in [-0.1, -0.05) is 42.5 Å². The van der Waals surface area contributed by atoms with E-state index in [4.69, 9.17) is 14.2 Å². The molecule has 2 aromatic rings. The van der Waals surface area contributed by atoms with Crippen molar-refractivity contribution in [1.29, 1.82) is 0 Å². The zero-order valence-corrected chi connectivity index (χ0v) is 21.3. The number of nitrogens with zero attached hydrogens (tertiary/aromatic N) is 1. The number of likely N-dealkylation sites (N-methyl/N-ethyl adjacent to an activating group) is 1. The molecule has 0 saturated carbocycles. The van der Waals surface area contributed by atoms with Crippen LogP contribution in [-0.2, 0) is 37.5 Å². The Hall–Kier alpha value is -3.24. The lowest BCUT2D eigenvalue weighted by Gasteiger charge is -2.61. The lowest BCUT2D eigenvalue weighted by atomic mass is 9.50. The monoisotopic (exact) mass is 521 g/mol. The van der Waals surface area contributed by atoms with Gasteiger partial charge in [0.2, 0.25) is 0 Å². The van der Waals surface area contributed by atoms with Crippen molar-refractivity contribution >= 4 is 11.9 Å². The van der Waals surface area contributed by atoms with Crippen LogP contribution in [0.1, 0.15) is 48.1 Å². The van der Waals surface area contributed by atoms with Crippen LogP contribution in [-0.4, -0.2) is 69.6 Å². The molecule has 0 amide bonds. The first-order chi connectivity index (χ1) is 18.2. The molecule has 4 aliphatic rings. The molecule has 2 aliphatic heterocycles. The minimum atomic E-state index is -1.53. The van der Waals surface area contributed by atoms with Crippen LogP contribution in [0, 0.1) is 0 Å². The number of piperidine rings is 1. The summed E-state index contributed by atoms with van der Waals surface area (Å²) in [5.74, 6) is -0.972. The smallest absolute Gasteiger partial charge is 0.352 e. The van der Waals surface area contributed by atoms with Crippen LogP contribution in [0.2, 0.25) is 0 Å². The van der Waals surface area contributed by atoms with Gasteiger partial charge in [-0.15, -0.1) is 0 Å². The molecule has 2 aliphatic carbocycles. The molecule has 38 heavy (non-hydrogen) atoms. The number of benzene rings is 2. The van der Waals surface area contributed by atoms with Gasteiger partial charge in [0.25, 0.3) is 0 Å². The van der Waals surface area contributed by atoms with E-state index < -0.39 is 41.3 Å². The Bertz CT molecular complexity index is 1330. The Kier molecular flexibility index (Phi) is 5.88. The van der Waals surface area contributed by atoms with Crippen LogP contribution in [0.15, 0.2) is 54.3 Å². The molecule has 9 nitrogen and oxygen atoms in total. The summed E-state index contributed by atoms with van der Waals surface area (Å²) >= 11 is 0. The quantitative estimate of drug-likeness (QED) is 0.487. The Balaban J connectivity index is 1.28. The second-order valence-electron chi connectivity index (χ2n) is 10.7. The molecule has 3 N–H and O–H groups in total. The molecule has 1 fully saturated rings. The fourth-order valence-corrected chi connectivity index (χ4v) is 6.89. The highest BCUT2D eigenvalue weighted by molar-refractivity contribution is 5.82. The number of likely N-dealkylation sites (tertiary alicyclic amines) is 1. The van der Waals surface area contributed by atoms with Crippen molar-refractivity contribution in [2.75, 3.05) is 13.6 Å². The first-order valence-corrected chi connectivity index (χ1v) is 12.9. The second kappa shape index (κ2) is 8.91. The molecule has 2 bridgehead atoms. The second-order valence-corrected chi connectivity index (χ2v) is 10.7. The maximum Gasteiger partial charge on any atom is 0.352 e. The van der Waals surface area contributed by atoms with Crippen LogP contribution in [0.3, 0.4) is 0 Å². The predicted octanol–water partition coefficient (Wildman–Crippen LogP) is 1.67. The Morgan fingerprint density at radius 1 is 1.18 bits per heavy atom. The average Bonchev–Trinajstić information content (AvgIpc) is 3.28. The van der Waals surface area contributed by atoms with Crippen molar-refractivity contribution in [3.05, 3.63) is 76.6 Å². The van der Waals surface area contributed by atoms with E-state index in [1.807, 2.05) is 19.2 Å². The molecule has 2 heterocycles. The van der Waals surface area contributed by atoms with Crippen LogP contribution >= 0.6 is 0 Å². The number of hydrogen-bond donors (Lipinski definition) is 3. The van der Waals surface area contributed by atoms with Gasteiger partial charge in [0.15, 0.2) is 18.3 Å². The van der Waals surface area contributed by atoms with Crippen LogP contribution in [0.4, 0.5) is 0 Å². The maximum atomic E-state index is 13.1. The van der Waals surface area contributed by atoms with E-state index in [1.54, 1.807) is 36.4 Å². The summed E-state index contributed by atoms with van der Waals surface area (Å²) in [5.41, 5.74) is 0.943. The molecule has 200 valence electrons. The van der Waals surface area contributed by atoms with E-state index >= 15 is 0 Å². The van der Waals surface area contributed by atoms with E-state index in [1.165, 1.54) is 6.92 Å². The third kappa shape index (κ3) is 3.39. The first kappa shape index (κ1) is 25.1. The molecule has 9 heteroatoms. The topological polar surface area (TPSA) is 126 Å². The van der Waals surface area contributed by atoms with Gasteiger partial charge in [0.1, 0.15) is 11.5 Å². The van der Waals surface area contributed by atoms with E-state index in [0.29, 0.717) is 29.7 Å². The highest BCUT2D eigenvalue weighted by atomic mass is 16.6. The third-order valence-corrected chi connectivity index (χ3v) is 8.81. The van der Waals surface area contributed by atoms with Crippen molar-refractivity contribution in [2.24, 2.45) is 0 Å². The summed E-state index contributed by atoms with van der Waals surface area (Å²) in [6, 6.07) is 12.0. The summed E-state index contributed by atoms with van der Waals surface area (Å²) in [4.78, 5) is 27.7. The van der Waals surface area contributed by atoms with Gasteiger partial charge in [-0.25, -0.2) is 9.59 Å². The Labute approximate surface area is 220 Å². The van der Waals surface area contributed by atoms with E-state index in [-0.39, 0.29) is 24.8 Å². The third-order valence-electron chi connectivity index (χ3n) is 8.81. The highest BCUT2D eigenvalue weighted by Gasteiger charge is 2.71. The molecule has 0 radical (unpaired) electrons. The number of ether oxygens (including phenoxy) is 3. The number of hydrogen-bond acceptors (Lipinski definition) is 9. The fraction of sp³-hybridized carbons (Fsp3) is 0.448. The van der Waals surface area contributed by atoms with E-state index in [9.17, 15) is 24.9 Å². The lowest BCUT2D eigenvalue weighted by molar-refractivity contribution is -0.178. The number of aliphatic hydroxyl groups is 3. The molecular formula is C29H31NO8. The van der Waals surface area contributed by atoms with Gasteiger partial charge >= 0.3 is 11.9 Å². The van der Waals surface area contributed by atoms with Crippen molar-refractivity contribution in [2.45, 2.75) is 68.2 Å². The Morgan fingerprint density at radius 2 is 1.95 bits per heavy atom. The van der Waals surface area contributed by atoms with Crippen LogP contribution in [0.5, 0.6) is 5.75 Å². The molecule has 0 unspecified atom stereocenters. The molecule has 6 atom stereocenters. The number of rotatable bonds is 6. The van der Waals surface area contributed by atoms with Crippen LogP contribution < -0.4 is 4.74 Å². The van der Waals surface area contributed by atoms with Gasteiger partial charge in [0.05, 0.1) is 17.6 Å². The van der Waals surface area contributed by atoms with Gasteiger partial charge in [0, 0.05) is 23.6 Å². The fourth-order valence-electron chi connectivity index (χ4n) is 6.89. The molecule has 1 spiro atoms. The van der Waals surface area contributed by atoms with Crippen LogP contribution in [0.25, 0.3) is 0 Å². The SMILES string of the molecule is C[C@H](OC(=O)[C@@H](O)c1ccccc1)C(=O)OC1=CC[C@@]2(O)[C@H]3Cc4ccc(CO)c5c4[C@@]2(CCN3C)[C@H]1O5. The van der Waals surface area contributed by atoms with Gasteiger partial charge in [-0.05, 0) is 50.6 Å². The number of aliphatic hydroxyl groups excluding tert-OH is 2. The Morgan fingerprint density at radius 3 is 2.68 bits per heavy atom. The number of carbonyl (C=O) groups is 2. The molecular weight excluding hydrogens is 490 g/mol. The average molecular weight is 522 g/mol. The van der Waals surface area contributed by atoms with Gasteiger partial charge < -0.3 is 34.4 Å². The largest absolute Gasteiger partial charge is 0.481 e. The summed E-state index contributed by atoms with van der Waals surface area (Å²) in [5, 5.41) is 32.6. The lowest BCUT2D eigenvalue weighted by Crippen LogP contribution is -2.74. The number of carbonyl (C=O) groups excluding carboxylic acids is 2. The highest BCUT2D eigenvalue weighted by Crippen LogP contribution is 2.64. The van der Waals surface area contributed by atoms with Crippen molar-refractivity contribution in [3.63, 3.8) is 0 Å². The minimum absolute atomic E-state index is 0.145. The summed E-state index contributed by atoms with van der Waals surface area (Å²) < 4.78 is 17.4. The molecule has 6 rings (SSSR count). The number of esters is 2. The first-order valence-electron chi connectivity index (χ1n) is 12.9. The summed E-state index contributed by atoms with van der Waals surface area (Å²) in [7, 11) is 2.01.